The summed E-state index contributed by atoms with van der Waals surface area (Å²) in [5.74, 6) is 1.56. The van der Waals surface area contributed by atoms with Gasteiger partial charge < -0.3 is 15.5 Å². The Morgan fingerprint density at radius 1 is 1.44 bits per heavy atom. The minimum atomic E-state index is 0.167. The van der Waals surface area contributed by atoms with Gasteiger partial charge in [-0.2, -0.15) is 0 Å². The molecule has 0 saturated heterocycles. The van der Waals surface area contributed by atoms with Crippen LogP contribution >= 0.6 is 0 Å². The first-order valence-corrected chi connectivity index (χ1v) is 5.70. The smallest absolute Gasteiger partial charge is 0.119 e. The zero-order valence-electron chi connectivity index (χ0n) is 9.36. The van der Waals surface area contributed by atoms with Crippen molar-refractivity contribution in [3.05, 3.63) is 30.0 Å². The number of aromatic amines is 1. The summed E-state index contributed by atoms with van der Waals surface area (Å²) in [7, 11) is 1.69. The van der Waals surface area contributed by atoms with Gasteiger partial charge in [-0.25, -0.2) is 0 Å². The molecule has 1 aliphatic rings. The van der Waals surface area contributed by atoms with Crippen LogP contribution in [0.25, 0.3) is 10.9 Å². The first-order chi connectivity index (χ1) is 7.79. The normalized spacial score (nSPS) is 17.6. The molecule has 1 heterocycles. The highest BCUT2D eigenvalue weighted by Crippen LogP contribution is 2.41. The van der Waals surface area contributed by atoms with Crippen LogP contribution in [0.1, 0.15) is 24.4 Å². The van der Waals surface area contributed by atoms with Crippen molar-refractivity contribution in [2.45, 2.75) is 18.9 Å². The van der Waals surface area contributed by atoms with Crippen molar-refractivity contribution in [3.63, 3.8) is 0 Å². The summed E-state index contributed by atoms with van der Waals surface area (Å²) in [5.41, 5.74) is 8.59. The van der Waals surface area contributed by atoms with E-state index in [1.54, 1.807) is 7.11 Å². The number of ether oxygens (including phenoxy) is 1. The molecule has 1 saturated carbocycles. The van der Waals surface area contributed by atoms with Crippen LogP contribution in [0.4, 0.5) is 0 Å². The Labute approximate surface area is 94.6 Å². The second kappa shape index (κ2) is 3.52. The summed E-state index contributed by atoms with van der Waals surface area (Å²) in [4.78, 5) is 3.27. The van der Waals surface area contributed by atoms with E-state index in [-0.39, 0.29) is 6.04 Å². The number of nitrogens with one attached hydrogen (secondary N) is 1. The van der Waals surface area contributed by atoms with Crippen molar-refractivity contribution in [2.75, 3.05) is 7.11 Å². The topological polar surface area (TPSA) is 51.0 Å². The molecule has 3 N–H and O–H groups in total. The van der Waals surface area contributed by atoms with E-state index >= 15 is 0 Å². The van der Waals surface area contributed by atoms with Gasteiger partial charge in [-0.05, 0) is 42.5 Å². The lowest BCUT2D eigenvalue weighted by molar-refractivity contribution is 0.415. The maximum atomic E-state index is 6.24. The van der Waals surface area contributed by atoms with Gasteiger partial charge in [-0.3, -0.25) is 0 Å². The third kappa shape index (κ3) is 1.48. The standard InChI is InChI=1S/C13H16N2O/c1-16-9-4-5-12-10(6-9)11(7-15-12)13(14)8-2-3-8/h4-8,13,15H,2-3,14H2,1H3/t13-/m1/s1. The highest BCUT2D eigenvalue weighted by molar-refractivity contribution is 5.85. The minimum Gasteiger partial charge on any atom is -0.497 e. The van der Waals surface area contributed by atoms with Crippen LogP contribution in [0.15, 0.2) is 24.4 Å². The largest absolute Gasteiger partial charge is 0.497 e. The number of rotatable bonds is 3. The van der Waals surface area contributed by atoms with Gasteiger partial charge in [0.15, 0.2) is 0 Å². The first-order valence-electron chi connectivity index (χ1n) is 5.70. The fourth-order valence-corrected chi connectivity index (χ4v) is 2.23. The van der Waals surface area contributed by atoms with Gasteiger partial charge in [0.1, 0.15) is 5.75 Å². The Hall–Kier alpha value is -1.48. The Kier molecular flexibility index (Phi) is 2.14. The monoisotopic (exact) mass is 216 g/mol. The number of aromatic nitrogens is 1. The van der Waals surface area contributed by atoms with Crippen molar-refractivity contribution < 1.29 is 4.74 Å². The lowest BCUT2D eigenvalue weighted by Crippen LogP contribution is -2.11. The van der Waals surface area contributed by atoms with Crippen molar-refractivity contribution in [1.82, 2.24) is 4.98 Å². The molecule has 1 atom stereocenters. The van der Waals surface area contributed by atoms with Gasteiger partial charge >= 0.3 is 0 Å². The molecule has 0 spiro atoms. The van der Waals surface area contributed by atoms with Gasteiger partial charge in [-0.1, -0.05) is 0 Å². The minimum absolute atomic E-state index is 0.167. The van der Waals surface area contributed by atoms with Gasteiger partial charge in [-0.15, -0.1) is 0 Å². The number of fused-ring (bicyclic) bond motifs is 1. The molecule has 0 amide bonds. The number of hydrogen-bond acceptors (Lipinski definition) is 2. The molecular formula is C13H16N2O. The number of H-pyrrole nitrogens is 1. The average Bonchev–Trinajstić information content (AvgIpc) is 3.08. The SMILES string of the molecule is COc1ccc2[nH]cc([C@H](N)C3CC3)c2c1. The third-order valence-corrected chi connectivity index (χ3v) is 3.41. The van der Waals surface area contributed by atoms with Crippen LogP contribution in [0.5, 0.6) is 5.75 Å². The second-order valence-electron chi connectivity index (χ2n) is 4.52. The lowest BCUT2D eigenvalue weighted by Gasteiger charge is -2.09. The zero-order chi connectivity index (χ0) is 11.1. The molecule has 1 aromatic heterocycles. The van der Waals surface area contributed by atoms with Gasteiger partial charge in [0, 0.05) is 23.1 Å². The predicted molar refractivity (Wildman–Crippen MR) is 64.5 cm³/mol. The number of hydrogen-bond donors (Lipinski definition) is 2. The molecule has 1 fully saturated rings. The molecule has 0 unspecified atom stereocenters. The Morgan fingerprint density at radius 3 is 2.94 bits per heavy atom. The van der Waals surface area contributed by atoms with Crippen molar-refractivity contribution >= 4 is 10.9 Å². The molecule has 0 bridgehead atoms. The van der Waals surface area contributed by atoms with E-state index in [1.807, 2.05) is 18.3 Å². The fraction of sp³-hybridized carbons (Fsp3) is 0.385. The maximum Gasteiger partial charge on any atom is 0.119 e. The molecule has 84 valence electrons. The van der Waals surface area contributed by atoms with E-state index in [0.717, 1.165) is 11.3 Å². The summed E-state index contributed by atoms with van der Waals surface area (Å²) < 4.78 is 5.25. The van der Waals surface area contributed by atoms with Crippen molar-refractivity contribution in [3.8, 4) is 5.75 Å². The van der Waals surface area contributed by atoms with E-state index in [2.05, 4.69) is 11.1 Å². The molecule has 0 aliphatic heterocycles. The molecule has 16 heavy (non-hydrogen) atoms. The Bertz CT molecular complexity index is 514. The Morgan fingerprint density at radius 2 is 2.25 bits per heavy atom. The van der Waals surface area contributed by atoms with Crippen molar-refractivity contribution in [1.29, 1.82) is 0 Å². The highest BCUT2D eigenvalue weighted by atomic mass is 16.5. The lowest BCUT2D eigenvalue weighted by atomic mass is 10.0. The second-order valence-corrected chi connectivity index (χ2v) is 4.52. The van der Waals surface area contributed by atoms with Crippen molar-refractivity contribution in [2.24, 2.45) is 11.7 Å². The zero-order valence-corrected chi connectivity index (χ0v) is 9.36. The summed E-state index contributed by atoms with van der Waals surface area (Å²) in [6.45, 7) is 0. The summed E-state index contributed by atoms with van der Waals surface area (Å²) in [5, 5.41) is 1.19. The van der Waals surface area contributed by atoms with Crippen LogP contribution < -0.4 is 10.5 Å². The average molecular weight is 216 g/mol. The highest BCUT2D eigenvalue weighted by Gasteiger charge is 2.30. The summed E-state index contributed by atoms with van der Waals surface area (Å²) in [6, 6.07) is 6.23. The van der Waals surface area contributed by atoms with Gasteiger partial charge in [0.2, 0.25) is 0 Å². The van der Waals surface area contributed by atoms with E-state index in [9.17, 15) is 0 Å². The molecule has 2 aromatic rings. The van der Waals surface area contributed by atoms with Crippen LogP contribution in [-0.4, -0.2) is 12.1 Å². The Balaban J connectivity index is 2.09. The van der Waals surface area contributed by atoms with E-state index in [0.29, 0.717) is 5.92 Å². The van der Waals surface area contributed by atoms with E-state index < -0.39 is 0 Å². The summed E-state index contributed by atoms with van der Waals surface area (Å²) >= 11 is 0. The van der Waals surface area contributed by atoms with Gasteiger partial charge in [0.05, 0.1) is 7.11 Å². The molecule has 3 rings (SSSR count). The quantitative estimate of drug-likeness (QED) is 0.828. The fourth-order valence-electron chi connectivity index (χ4n) is 2.23. The predicted octanol–water partition coefficient (Wildman–Crippen LogP) is 2.59. The first kappa shape index (κ1) is 9.73. The maximum absolute atomic E-state index is 6.24. The van der Waals surface area contributed by atoms with Crippen LogP contribution in [-0.2, 0) is 0 Å². The van der Waals surface area contributed by atoms with Crippen LogP contribution in [0.3, 0.4) is 0 Å². The molecule has 3 heteroatoms. The molecule has 3 nitrogen and oxygen atoms in total. The van der Waals surface area contributed by atoms with Crippen LogP contribution in [0, 0.1) is 5.92 Å². The van der Waals surface area contributed by atoms with Gasteiger partial charge in [0.25, 0.3) is 0 Å². The molecule has 1 aromatic carbocycles. The molecule has 0 radical (unpaired) electrons. The third-order valence-electron chi connectivity index (χ3n) is 3.41. The number of nitrogens with two attached hydrogens (primary N) is 1. The van der Waals surface area contributed by atoms with E-state index in [4.69, 9.17) is 10.5 Å². The molecular weight excluding hydrogens is 200 g/mol. The number of benzene rings is 1. The molecule has 1 aliphatic carbocycles. The van der Waals surface area contributed by atoms with E-state index in [1.165, 1.54) is 23.8 Å². The van der Waals surface area contributed by atoms with Crippen LogP contribution in [0.2, 0.25) is 0 Å². The summed E-state index contributed by atoms with van der Waals surface area (Å²) in [6.07, 6.45) is 4.56. The number of methoxy groups -OCH3 is 1.